The van der Waals surface area contributed by atoms with E-state index in [0.29, 0.717) is 5.88 Å². The van der Waals surface area contributed by atoms with Gasteiger partial charge in [-0.15, -0.1) is 0 Å². The van der Waals surface area contributed by atoms with E-state index in [0.717, 1.165) is 31.2 Å². The van der Waals surface area contributed by atoms with E-state index in [1.165, 1.54) is 12.8 Å². The summed E-state index contributed by atoms with van der Waals surface area (Å²) >= 11 is 0. The molecule has 0 spiro atoms. The van der Waals surface area contributed by atoms with E-state index in [-0.39, 0.29) is 0 Å². The molecule has 1 aromatic heterocycles. The molecule has 0 amide bonds. The Kier molecular flexibility index (Phi) is 5.61. The van der Waals surface area contributed by atoms with Crippen LogP contribution in [0.4, 0.5) is 5.82 Å². The first kappa shape index (κ1) is 12.7. The summed E-state index contributed by atoms with van der Waals surface area (Å²) in [4.78, 5) is 8.51. The van der Waals surface area contributed by atoms with Crippen LogP contribution < -0.4 is 10.1 Å². The minimum atomic E-state index is 0.666. The second-order valence-corrected chi connectivity index (χ2v) is 3.72. The second-order valence-electron chi connectivity index (χ2n) is 3.72. The molecule has 4 heteroatoms. The van der Waals surface area contributed by atoms with Crippen LogP contribution in [0.3, 0.4) is 0 Å². The molecule has 0 bridgehead atoms. The Hall–Kier alpha value is -1.32. The summed E-state index contributed by atoms with van der Waals surface area (Å²) in [5, 5.41) is 3.16. The van der Waals surface area contributed by atoms with Gasteiger partial charge in [0.05, 0.1) is 6.61 Å². The van der Waals surface area contributed by atoms with Crippen LogP contribution in [0.25, 0.3) is 0 Å². The van der Waals surface area contributed by atoms with E-state index in [9.17, 15) is 0 Å². The number of aromatic nitrogens is 2. The second kappa shape index (κ2) is 7.04. The number of hydrogen-bond acceptors (Lipinski definition) is 4. The van der Waals surface area contributed by atoms with Crippen molar-refractivity contribution in [3.05, 3.63) is 11.9 Å². The van der Waals surface area contributed by atoms with Gasteiger partial charge in [-0.2, -0.15) is 4.98 Å². The van der Waals surface area contributed by atoms with Crippen LogP contribution in [0.5, 0.6) is 5.88 Å². The largest absolute Gasteiger partial charge is 0.478 e. The Balaban J connectivity index is 2.51. The molecule has 1 rings (SSSR count). The zero-order valence-corrected chi connectivity index (χ0v) is 10.4. The van der Waals surface area contributed by atoms with Gasteiger partial charge >= 0.3 is 0 Å². The minimum Gasteiger partial charge on any atom is -0.478 e. The predicted molar refractivity (Wildman–Crippen MR) is 66.0 cm³/mol. The molecule has 1 heterocycles. The van der Waals surface area contributed by atoms with Crippen LogP contribution in [0, 0.1) is 6.92 Å². The highest BCUT2D eigenvalue weighted by atomic mass is 16.5. The fourth-order valence-corrected chi connectivity index (χ4v) is 1.41. The summed E-state index contributed by atoms with van der Waals surface area (Å²) in [5.74, 6) is 2.24. The van der Waals surface area contributed by atoms with Gasteiger partial charge in [-0.1, -0.05) is 19.8 Å². The van der Waals surface area contributed by atoms with E-state index in [1.54, 1.807) is 0 Å². The Bertz CT molecular complexity index is 315. The third-order valence-corrected chi connectivity index (χ3v) is 2.17. The molecule has 0 saturated heterocycles. The van der Waals surface area contributed by atoms with Crippen LogP contribution in [-0.2, 0) is 0 Å². The maximum atomic E-state index is 5.58. The molecular weight excluding hydrogens is 202 g/mol. The summed E-state index contributed by atoms with van der Waals surface area (Å²) in [7, 11) is 0. The summed E-state index contributed by atoms with van der Waals surface area (Å²) in [6.45, 7) is 7.68. The number of rotatable bonds is 7. The number of nitrogens with zero attached hydrogens (tertiary/aromatic N) is 2. The molecule has 16 heavy (non-hydrogen) atoms. The van der Waals surface area contributed by atoms with Gasteiger partial charge in [0.15, 0.2) is 0 Å². The van der Waals surface area contributed by atoms with Crippen molar-refractivity contribution < 1.29 is 4.74 Å². The zero-order valence-electron chi connectivity index (χ0n) is 10.4. The van der Waals surface area contributed by atoms with Crippen molar-refractivity contribution >= 4 is 5.82 Å². The fraction of sp³-hybridized carbons (Fsp3) is 0.667. The van der Waals surface area contributed by atoms with Crippen LogP contribution in [0.15, 0.2) is 6.07 Å². The van der Waals surface area contributed by atoms with Gasteiger partial charge in [0.1, 0.15) is 11.6 Å². The molecule has 0 aliphatic carbocycles. The first-order valence-electron chi connectivity index (χ1n) is 5.98. The zero-order chi connectivity index (χ0) is 11.8. The van der Waals surface area contributed by atoms with Gasteiger partial charge in [0.2, 0.25) is 5.88 Å². The molecule has 1 aromatic rings. The molecule has 0 fully saturated rings. The van der Waals surface area contributed by atoms with Gasteiger partial charge in [-0.25, -0.2) is 4.98 Å². The van der Waals surface area contributed by atoms with Crippen molar-refractivity contribution in [1.82, 2.24) is 9.97 Å². The third-order valence-electron chi connectivity index (χ3n) is 2.17. The van der Waals surface area contributed by atoms with Gasteiger partial charge < -0.3 is 10.1 Å². The molecule has 90 valence electrons. The molecule has 0 radical (unpaired) electrons. The van der Waals surface area contributed by atoms with Gasteiger partial charge in [0, 0.05) is 12.6 Å². The van der Waals surface area contributed by atoms with Crippen LogP contribution in [0.2, 0.25) is 0 Å². The number of aryl methyl sites for hydroxylation is 1. The average molecular weight is 223 g/mol. The Labute approximate surface area is 97.5 Å². The quantitative estimate of drug-likeness (QED) is 0.722. The maximum absolute atomic E-state index is 5.58. The molecule has 0 saturated carbocycles. The average Bonchev–Trinajstić information content (AvgIpc) is 2.24. The van der Waals surface area contributed by atoms with Crippen molar-refractivity contribution in [2.24, 2.45) is 0 Å². The molecule has 4 nitrogen and oxygen atoms in total. The summed E-state index contributed by atoms with van der Waals surface area (Å²) in [6.07, 6.45) is 3.48. The number of ether oxygens (including phenoxy) is 1. The van der Waals surface area contributed by atoms with E-state index in [2.05, 4.69) is 22.2 Å². The minimum absolute atomic E-state index is 0.666. The van der Waals surface area contributed by atoms with Crippen molar-refractivity contribution in [2.75, 3.05) is 18.5 Å². The number of nitrogens with one attached hydrogen (secondary N) is 1. The molecule has 0 aliphatic rings. The normalized spacial score (nSPS) is 10.2. The van der Waals surface area contributed by atoms with Crippen molar-refractivity contribution in [1.29, 1.82) is 0 Å². The monoisotopic (exact) mass is 223 g/mol. The molecule has 1 N–H and O–H groups in total. The Morgan fingerprint density at radius 1 is 1.25 bits per heavy atom. The molecule has 0 atom stereocenters. The summed E-state index contributed by atoms with van der Waals surface area (Å²) < 4.78 is 5.58. The number of hydrogen-bond donors (Lipinski definition) is 1. The summed E-state index contributed by atoms with van der Waals surface area (Å²) in [5.41, 5.74) is 0. The Morgan fingerprint density at radius 3 is 2.75 bits per heavy atom. The van der Waals surface area contributed by atoms with Gasteiger partial charge in [0.25, 0.3) is 0 Å². The van der Waals surface area contributed by atoms with Gasteiger partial charge in [-0.05, 0) is 20.3 Å². The lowest BCUT2D eigenvalue weighted by Gasteiger charge is -2.08. The van der Waals surface area contributed by atoms with Crippen LogP contribution >= 0.6 is 0 Å². The van der Waals surface area contributed by atoms with Crippen LogP contribution in [-0.4, -0.2) is 23.1 Å². The summed E-state index contributed by atoms with van der Waals surface area (Å²) in [6, 6.07) is 1.85. The Morgan fingerprint density at radius 2 is 2.06 bits per heavy atom. The lowest BCUT2D eigenvalue weighted by molar-refractivity contribution is 0.294. The number of unbranched alkanes of at least 4 members (excludes halogenated alkanes) is 2. The number of anilines is 1. The lowest BCUT2D eigenvalue weighted by Crippen LogP contribution is -2.05. The van der Waals surface area contributed by atoms with E-state index >= 15 is 0 Å². The smallest absolute Gasteiger partial charge is 0.218 e. The molecule has 0 unspecified atom stereocenters. The molecule has 0 aliphatic heterocycles. The van der Waals surface area contributed by atoms with Gasteiger partial charge in [-0.3, -0.25) is 0 Å². The first-order valence-corrected chi connectivity index (χ1v) is 5.98. The SMILES string of the molecule is CCCCCOc1cc(NCC)nc(C)n1. The highest BCUT2D eigenvalue weighted by Gasteiger charge is 2.01. The highest BCUT2D eigenvalue weighted by Crippen LogP contribution is 2.13. The topological polar surface area (TPSA) is 47.0 Å². The van der Waals surface area contributed by atoms with E-state index in [4.69, 9.17) is 4.74 Å². The van der Waals surface area contributed by atoms with E-state index in [1.807, 2.05) is 19.9 Å². The highest BCUT2D eigenvalue weighted by molar-refractivity contribution is 5.38. The standard InChI is InChI=1S/C12H21N3O/c1-4-6-7-8-16-12-9-11(13-5-2)14-10(3)15-12/h9H,4-8H2,1-3H3,(H,13,14,15). The van der Waals surface area contributed by atoms with Crippen molar-refractivity contribution in [2.45, 2.75) is 40.0 Å². The lowest BCUT2D eigenvalue weighted by atomic mass is 10.3. The maximum Gasteiger partial charge on any atom is 0.218 e. The first-order chi connectivity index (χ1) is 7.76. The van der Waals surface area contributed by atoms with Crippen molar-refractivity contribution in [3.8, 4) is 5.88 Å². The van der Waals surface area contributed by atoms with Crippen molar-refractivity contribution in [3.63, 3.8) is 0 Å². The predicted octanol–water partition coefficient (Wildman–Crippen LogP) is 2.79. The van der Waals surface area contributed by atoms with E-state index < -0.39 is 0 Å². The molecular formula is C12H21N3O. The third kappa shape index (κ3) is 4.47. The molecule has 0 aromatic carbocycles. The van der Waals surface area contributed by atoms with Crippen LogP contribution in [0.1, 0.15) is 38.9 Å². The fourth-order valence-electron chi connectivity index (χ4n) is 1.41.